The summed E-state index contributed by atoms with van der Waals surface area (Å²) in [5.41, 5.74) is 0. The van der Waals surface area contributed by atoms with Crippen molar-refractivity contribution in [3.63, 3.8) is 0 Å². The van der Waals surface area contributed by atoms with Gasteiger partial charge in [0.2, 0.25) is 0 Å². The first-order valence-electron chi connectivity index (χ1n) is 3.93. The molecule has 0 spiro atoms. The van der Waals surface area contributed by atoms with Crippen molar-refractivity contribution in [2.45, 2.75) is 11.3 Å². The molecule has 0 aliphatic rings. The van der Waals surface area contributed by atoms with Crippen molar-refractivity contribution in [2.24, 2.45) is 5.90 Å². The van der Waals surface area contributed by atoms with E-state index in [0.717, 1.165) is 12.2 Å². The van der Waals surface area contributed by atoms with Gasteiger partial charge in [0.25, 0.3) is 0 Å². The highest BCUT2D eigenvalue weighted by atomic mass is 32.2. The molecule has 3 heteroatoms. The highest BCUT2D eigenvalue weighted by Gasteiger charge is 1.91. The van der Waals surface area contributed by atoms with Crippen molar-refractivity contribution in [1.29, 1.82) is 0 Å². The van der Waals surface area contributed by atoms with Crippen LogP contribution in [0.4, 0.5) is 0 Å². The number of thioether (sulfide) groups is 1. The van der Waals surface area contributed by atoms with Crippen molar-refractivity contribution in [1.82, 2.24) is 0 Å². The quantitative estimate of drug-likeness (QED) is 0.431. The predicted octanol–water partition coefficient (Wildman–Crippen LogP) is 2.06. The maximum atomic E-state index is 4.90. The number of benzene rings is 1. The van der Waals surface area contributed by atoms with Crippen molar-refractivity contribution >= 4 is 11.8 Å². The maximum Gasteiger partial charge on any atom is 0.0687 e. The summed E-state index contributed by atoms with van der Waals surface area (Å²) >= 11 is 1.82. The summed E-state index contributed by atoms with van der Waals surface area (Å²) in [6, 6.07) is 10.3. The Labute approximate surface area is 77.1 Å². The molecule has 12 heavy (non-hydrogen) atoms. The fourth-order valence-corrected chi connectivity index (χ4v) is 1.70. The molecule has 0 aliphatic carbocycles. The molecule has 1 aromatic carbocycles. The summed E-state index contributed by atoms with van der Waals surface area (Å²) < 4.78 is 0. The molecule has 0 atom stereocenters. The Kier molecular flexibility index (Phi) is 4.83. The monoisotopic (exact) mass is 183 g/mol. The van der Waals surface area contributed by atoms with E-state index in [9.17, 15) is 0 Å². The van der Waals surface area contributed by atoms with Gasteiger partial charge in [0.05, 0.1) is 6.61 Å². The zero-order valence-corrected chi connectivity index (χ0v) is 7.72. The average Bonchev–Trinajstić information content (AvgIpc) is 2.14. The van der Waals surface area contributed by atoms with Gasteiger partial charge < -0.3 is 4.84 Å². The van der Waals surface area contributed by atoms with Gasteiger partial charge in [-0.25, -0.2) is 5.90 Å². The molecule has 0 saturated carbocycles. The van der Waals surface area contributed by atoms with Crippen LogP contribution in [0.5, 0.6) is 0 Å². The van der Waals surface area contributed by atoms with Crippen LogP contribution in [-0.4, -0.2) is 12.4 Å². The van der Waals surface area contributed by atoms with Gasteiger partial charge in [-0.15, -0.1) is 11.8 Å². The number of nitrogens with two attached hydrogens (primary N) is 1. The van der Waals surface area contributed by atoms with E-state index in [1.165, 1.54) is 4.90 Å². The van der Waals surface area contributed by atoms with Gasteiger partial charge >= 0.3 is 0 Å². The van der Waals surface area contributed by atoms with Crippen molar-refractivity contribution < 1.29 is 4.84 Å². The second kappa shape index (κ2) is 6.06. The van der Waals surface area contributed by atoms with Gasteiger partial charge in [-0.3, -0.25) is 0 Å². The minimum Gasteiger partial charge on any atom is -0.305 e. The SMILES string of the molecule is NOCCCSc1ccccc1. The summed E-state index contributed by atoms with van der Waals surface area (Å²) in [4.78, 5) is 5.77. The summed E-state index contributed by atoms with van der Waals surface area (Å²) in [5.74, 6) is 5.96. The van der Waals surface area contributed by atoms with E-state index in [4.69, 9.17) is 5.90 Å². The highest BCUT2D eigenvalue weighted by molar-refractivity contribution is 7.99. The Bertz CT molecular complexity index is 203. The van der Waals surface area contributed by atoms with Crippen LogP contribution in [0, 0.1) is 0 Å². The van der Waals surface area contributed by atoms with E-state index in [-0.39, 0.29) is 0 Å². The number of rotatable bonds is 5. The molecule has 2 N–H and O–H groups in total. The first kappa shape index (κ1) is 9.58. The molecule has 2 nitrogen and oxygen atoms in total. The lowest BCUT2D eigenvalue weighted by atomic mass is 10.4. The molecule has 0 bridgehead atoms. The van der Waals surface area contributed by atoms with Crippen molar-refractivity contribution in [3.8, 4) is 0 Å². The van der Waals surface area contributed by atoms with Crippen LogP contribution in [0.15, 0.2) is 35.2 Å². The van der Waals surface area contributed by atoms with Gasteiger partial charge in [0, 0.05) is 10.6 Å². The Morgan fingerprint density at radius 1 is 1.25 bits per heavy atom. The molecule has 0 fully saturated rings. The van der Waals surface area contributed by atoms with Crippen LogP contribution in [0.3, 0.4) is 0 Å². The lowest BCUT2D eigenvalue weighted by Gasteiger charge is -1.99. The Morgan fingerprint density at radius 3 is 2.67 bits per heavy atom. The molecular weight excluding hydrogens is 170 g/mol. The lowest BCUT2D eigenvalue weighted by molar-refractivity contribution is 0.139. The highest BCUT2D eigenvalue weighted by Crippen LogP contribution is 2.17. The minimum absolute atomic E-state index is 0.639. The molecule has 1 rings (SSSR count). The summed E-state index contributed by atoms with van der Waals surface area (Å²) in [5, 5.41) is 0. The first-order valence-corrected chi connectivity index (χ1v) is 4.91. The molecule has 0 heterocycles. The van der Waals surface area contributed by atoms with E-state index in [1.54, 1.807) is 0 Å². The van der Waals surface area contributed by atoms with Crippen molar-refractivity contribution in [2.75, 3.05) is 12.4 Å². The fourth-order valence-electron chi connectivity index (χ4n) is 0.849. The fraction of sp³-hybridized carbons (Fsp3) is 0.333. The average molecular weight is 183 g/mol. The van der Waals surface area contributed by atoms with E-state index >= 15 is 0 Å². The molecule has 1 aromatic rings. The van der Waals surface area contributed by atoms with E-state index in [2.05, 4.69) is 17.0 Å². The molecular formula is C9H13NOS. The molecule has 0 amide bonds. The van der Waals surface area contributed by atoms with Crippen LogP contribution < -0.4 is 5.90 Å². The second-order valence-corrected chi connectivity index (χ2v) is 3.55. The predicted molar refractivity (Wildman–Crippen MR) is 51.9 cm³/mol. The zero-order valence-electron chi connectivity index (χ0n) is 6.90. The smallest absolute Gasteiger partial charge is 0.0687 e. The molecule has 0 saturated heterocycles. The van der Waals surface area contributed by atoms with Gasteiger partial charge in [0.1, 0.15) is 0 Å². The first-order chi connectivity index (χ1) is 5.93. The minimum atomic E-state index is 0.639. The van der Waals surface area contributed by atoms with Crippen molar-refractivity contribution in [3.05, 3.63) is 30.3 Å². The number of hydrogen-bond donors (Lipinski definition) is 1. The standard InChI is InChI=1S/C9H13NOS/c10-11-7-4-8-12-9-5-2-1-3-6-9/h1-3,5-6H,4,7-8,10H2. The molecule has 0 unspecified atom stereocenters. The summed E-state index contributed by atoms with van der Waals surface area (Å²) in [6.07, 6.45) is 0.996. The summed E-state index contributed by atoms with van der Waals surface area (Å²) in [6.45, 7) is 0.639. The topological polar surface area (TPSA) is 35.2 Å². The third kappa shape index (κ3) is 3.76. The van der Waals surface area contributed by atoms with Gasteiger partial charge in [-0.05, 0) is 18.6 Å². The largest absolute Gasteiger partial charge is 0.305 e. The van der Waals surface area contributed by atoms with Gasteiger partial charge in [-0.2, -0.15) is 0 Å². The lowest BCUT2D eigenvalue weighted by Crippen LogP contribution is -2.01. The van der Waals surface area contributed by atoms with E-state index < -0.39 is 0 Å². The molecule has 0 aromatic heterocycles. The Balaban J connectivity index is 2.16. The molecule has 66 valence electrons. The van der Waals surface area contributed by atoms with Crippen LogP contribution in [0.25, 0.3) is 0 Å². The van der Waals surface area contributed by atoms with Crippen LogP contribution in [0.1, 0.15) is 6.42 Å². The Hall–Kier alpha value is -0.510. The zero-order chi connectivity index (χ0) is 8.65. The van der Waals surface area contributed by atoms with Crippen LogP contribution in [-0.2, 0) is 4.84 Å². The third-order valence-electron chi connectivity index (χ3n) is 1.42. The third-order valence-corrected chi connectivity index (χ3v) is 2.52. The molecule has 0 aliphatic heterocycles. The van der Waals surface area contributed by atoms with Gasteiger partial charge in [-0.1, -0.05) is 18.2 Å². The second-order valence-electron chi connectivity index (χ2n) is 2.39. The van der Waals surface area contributed by atoms with E-state index in [1.807, 2.05) is 30.0 Å². The Morgan fingerprint density at radius 2 is 2.00 bits per heavy atom. The maximum absolute atomic E-state index is 4.90. The van der Waals surface area contributed by atoms with E-state index in [0.29, 0.717) is 6.61 Å². The van der Waals surface area contributed by atoms with Crippen LogP contribution >= 0.6 is 11.8 Å². The molecule has 0 radical (unpaired) electrons. The number of hydrogen-bond acceptors (Lipinski definition) is 3. The van der Waals surface area contributed by atoms with Gasteiger partial charge in [0.15, 0.2) is 0 Å². The normalized spacial score (nSPS) is 10.1. The summed E-state index contributed by atoms with van der Waals surface area (Å²) in [7, 11) is 0. The van der Waals surface area contributed by atoms with Crippen LogP contribution in [0.2, 0.25) is 0 Å².